The van der Waals surface area contributed by atoms with E-state index < -0.39 is 11.8 Å². The molecule has 1 aromatic heterocycles. The third-order valence-corrected chi connectivity index (χ3v) is 4.53. The number of halogens is 3. The van der Waals surface area contributed by atoms with E-state index in [1.807, 2.05) is 0 Å². The molecule has 0 fully saturated rings. The van der Waals surface area contributed by atoms with Crippen LogP contribution < -0.4 is 10.7 Å². The van der Waals surface area contributed by atoms with Crippen molar-refractivity contribution in [3.63, 3.8) is 0 Å². The van der Waals surface area contributed by atoms with E-state index in [0.29, 0.717) is 37.7 Å². The van der Waals surface area contributed by atoms with Gasteiger partial charge in [-0.2, -0.15) is 5.10 Å². The smallest absolute Gasteiger partial charge is 0.259 e. The van der Waals surface area contributed by atoms with Gasteiger partial charge >= 0.3 is 0 Å². The Morgan fingerprint density at radius 1 is 0.966 bits per heavy atom. The van der Waals surface area contributed by atoms with Crippen LogP contribution >= 0.6 is 34.8 Å². The van der Waals surface area contributed by atoms with Gasteiger partial charge in [-0.3, -0.25) is 9.59 Å². The first-order valence-electron chi connectivity index (χ1n) is 8.33. The average Bonchev–Trinajstić information content (AvgIpc) is 3.17. The lowest BCUT2D eigenvalue weighted by Gasteiger charge is -2.04. The van der Waals surface area contributed by atoms with Gasteiger partial charge in [-0.15, -0.1) is 0 Å². The second-order valence-electron chi connectivity index (χ2n) is 5.81. The molecule has 2 aromatic carbocycles. The van der Waals surface area contributed by atoms with Crippen LogP contribution in [0.25, 0.3) is 11.3 Å². The summed E-state index contributed by atoms with van der Waals surface area (Å²) in [6.45, 7) is -0.236. The molecular formula is C20H14Cl3N3O3. The van der Waals surface area contributed by atoms with Crippen LogP contribution in [0, 0.1) is 0 Å². The van der Waals surface area contributed by atoms with E-state index >= 15 is 0 Å². The molecule has 0 aliphatic carbocycles. The van der Waals surface area contributed by atoms with Gasteiger partial charge in [0.25, 0.3) is 11.8 Å². The molecule has 1 heterocycles. The van der Waals surface area contributed by atoms with Crippen molar-refractivity contribution in [2.45, 2.75) is 0 Å². The second-order valence-corrected chi connectivity index (χ2v) is 7.09. The summed E-state index contributed by atoms with van der Waals surface area (Å²) in [5, 5.41) is 7.84. The minimum absolute atomic E-state index is 0.236. The summed E-state index contributed by atoms with van der Waals surface area (Å²) in [6, 6.07) is 14.7. The zero-order valence-corrected chi connectivity index (χ0v) is 17.1. The van der Waals surface area contributed by atoms with Crippen molar-refractivity contribution >= 4 is 52.8 Å². The molecule has 0 aliphatic heterocycles. The van der Waals surface area contributed by atoms with Crippen LogP contribution in [0.3, 0.4) is 0 Å². The summed E-state index contributed by atoms with van der Waals surface area (Å²) in [5.74, 6) is 0.0325. The largest absolute Gasteiger partial charge is 0.455 e. The Bertz CT molecular complexity index is 1060. The first kappa shape index (κ1) is 20.9. The van der Waals surface area contributed by atoms with Gasteiger partial charge in [-0.25, -0.2) is 5.43 Å². The number of hydrogen-bond donors (Lipinski definition) is 2. The van der Waals surface area contributed by atoms with Crippen molar-refractivity contribution in [3.05, 3.63) is 81.0 Å². The highest BCUT2D eigenvalue weighted by atomic mass is 35.5. The first-order valence-corrected chi connectivity index (χ1v) is 9.47. The number of carbonyl (C=O) groups is 2. The lowest BCUT2D eigenvalue weighted by Crippen LogP contribution is -2.34. The number of nitrogens with zero attached hydrogens (tertiary/aromatic N) is 1. The molecule has 148 valence electrons. The number of amides is 2. The monoisotopic (exact) mass is 449 g/mol. The molecular weight excluding hydrogens is 437 g/mol. The van der Waals surface area contributed by atoms with E-state index in [0.717, 1.165) is 0 Å². The van der Waals surface area contributed by atoms with Gasteiger partial charge in [-0.1, -0.05) is 34.8 Å². The van der Waals surface area contributed by atoms with Gasteiger partial charge in [0.15, 0.2) is 0 Å². The maximum Gasteiger partial charge on any atom is 0.259 e. The molecule has 2 amide bonds. The Hall–Kier alpha value is -2.80. The summed E-state index contributed by atoms with van der Waals surface area (Å²) < 4.78 is 5.63. The average molecular weight is 451 g/mol. The first-order chi connectivity index (χ1) is 13.9. The van der Waals surface area contributed by atoms with Crippen molar-refractivity contribution < 1.29 is 14.0 Å². The van der Waals surface area contributed by atoms with Crippen LogP contribution in [0.2, 0.25) is 15.1 Å². The fraction of sp³-hybridized carbons (Fsp3) is 0.0500. The van der Waals surface area contributed by atoms with Crippen molar-refractivity contribution in [3.8, 4) is 11.3 Å². The Morgan fingerprint density at radius 3 is 2.45 bits per heavy atom. The molecule has 2 N–H and O–H groups in total. The topological polar surface area (TPSA) is 83.7 Å². The Labute approximate surface area is 181 Å². The molecule has 0 aliphatic rings. The highest BCUT2D eigenvalue weighted by Crippen LogP contribution is 2.31. The SMILES string of the molecule is O=C(CNC(=O)c1ccc(Cl)cc1)N/N=C\c1ccc(-c2cc(Cl)ccc2Cl)o1. The Morgan fingerprint density at radius 2 is 1.69 bits per heavy atom. The summed E-state index contributed by atoms with van der Waals surface area (Å²) >= 11 is 17.9. The number of benzene rings is 2. The molecule has 0 saturated heterocycles. The minimum atomic E-state index is -0.492. The molecule has 9 heteroatoms. The number of furan rings is 1. The molecule has 0 spiro atoms. The lowest BCUT2D eigenvalue weighted by molar-refractivity contribution is -0.120. The van der Waals surface area contributed by atoms with Gasteiger partial charge in [-0.05, 0) is 54.6 Å². The zero-order valence-electron chi connectivity index (χ0n) is 14.8. The third-order valence-electron chi connectivity index (χ3n) is 3.72. The molecule has 29 heavy (non-hydrogen) atoms. The standard InChI is InChI=1S/C20H14Cl3N3O3/c21-13-3-1-12(2-4-13)20(28)24-11-19(27)26-25-10-15-6-8-18(29-15)16-9-14(22)5-7-17(16)23/h1-10H,11H2,(H,24,28)(H,26,27)/b25-10-. The highest BCUT2D eigenvalue weighted by molar-refractivity contribution is 6.35. The molecule has 0 bridgehead atoms. The van der Waals surface area contributed by atoms with Crippen molar-refractivity contribution in [1.29, 1.82) is 0 Å². The Kier molecular flexibility index (Phi) is 6.93. The molecule has 3 rings (SSSR count). The maximum absolute atomic E-state index is 11.9. The predicted molar refractivity (Wildman–Crippen MR) is 114 cm³/mol. The predicted octanol–water partition coefficient (Wildman–Crippen LogP) is 4.79. The molecule has 0 unspecified atom stereocenters. The van der Waals surface area contributed by atoms with Crippen molar-refractivity contribution in [2.75, 3.05) is 6.54 Å². The minimum Gasteiger partial charge on any atom is -0.455 e. The summed E-state index contributed by atoms with van der Waals surface area (Å²) in [4.78, 5) is 23.7. The van der Waals surface area contributed by atoms with Gasteiger partial charge < -0.3 is 9.73 Å². The number of nitrogens with one attached hydrogen (secondary N) is 2. The van der Waals surface area contributed by atoms with Crippen LogP contribution in [-0.4, -0.2) is 24.6 Å². The van der Waals surface area contributed by atoms with E-state index in [2.05, 4.69) is 15.8 Å². The lowest BCUT2D eigenvalue weighted by atomic mass is 10.2. The van der Waals surface area contributed by atoms with Crippen LogP contribution in [0.1, 0.15) is 16.1 Å². The Balaban J connectivity index is 1.51. The normalized spacial score (nSPS) is 10.9. The summed E-state index contributed by atoms with van der Waals surface area (Å²) in [5.41, 5.74) is 3.35. The van der Waals surface area contributed by atoms with Crippen LogP contribution in [0.15, 0.2) is 64.1 Å². The van der Waals surface area contributed by atoms with Crippen molar-refractivity contribution in [2.24, 2.45) is 5.10 Å². The second kappa shape index (κ2) is 9.60. The van der Waals surface area contributed by atoms with E-state index in [4.69, 9.17) is 39.2 Å². The molecule has 6 nitrogen and oxygen atoms in total. The van der Waals surface area contributed by atoms with Crippen LogP contribution in [0.4, 0.5) is 0 Å². The third kappa shape index (κ3) is 5.84. The van der Waals surface area contributed by atoms with Gasteiger partial charge in [0.1, 0.15) is 11.5 Å². The quantitative estimate of drug-likeness (QED) is 0.418. The van der Waals surface area contributed by atoms with E-state index in [9.17, 15) is 9.59 Å². The fourth-order valence-electron chi connectivity index (χ4n) is 2.32. The van der Waals surface area contributed by atoms with E-state index in [-0.39, 0.29) is 6.54 Å². The van der Waals surface area contributed by atoms with Gasteiger partial charge in [0.05, 0.1) is 17.8 Å². The summed E-state index contributed by atoms with van der Waals surface area (Å²) in [6.07, 6.45) is 1.33. The molecule has 0 atom stereocenters. The molecule has 3 aromatic rings. The van der Waals surface area contributed by atoms with Crippen molar-refractivity contribution in [1.82, 2.24) is 10.7 Å². The van der Waals surface area contributed by atoms with E-state index in [1.165, 1.54) is 6.21 Å². The fourth-order valence-corrected chi connectivity index (χ4v) is 2.83. The number of rotatable bonds is 6. The van der Waals surface area contributed by atoms with Crippen LogP contribution in [-0.2, 0) is 4.79 Å². The number of carbonyl (C=O) groups excluding carboxylic acids is 2. The molecule has 0 radical (unpaired) electrons. The van der Waals surface area contributed by atoms with Gasteiger partial charge in [0, 0.05) is 21.2 Å². The van der Waals surface area contributed by atoms with E-state index in [1.54, 1.807) is 54.6 Å². The maximum atomic E-state index is 11.9. The number of hydrogen-bond acceptors (Lipinski definition) is 4. The molecule has 0 saturated carbocycles. The highest BCUT2D eigenvalue weighted by Gasteiger charge is 2.10. The van der Waals surface area contributed by atoms with Gasteiger partial charge in [0.2, 0.25) is 0 Å². The number of hydrazone groups is 1. The zero-order chi connectivity index (χ0) is 20.8. The van der Waals surface area contributed by atoms with Crippen LogP contribution in [0.5, 0.6) is 0 Å². The summed E-state index contributed by atoms with van der Waals surface area (Å²) in [7, 11) is 0.